The maximum atomic E-state index is 13.5. The molecule has 7 fully saturated rings. The van der Waals surface area contributed by atoms with Crippen molar-refractivity contribution in [2.24, 2.45) is 0 Å². The number of hydrogen-bond donors (Lipinski definition) is 0. The van der Waals surface area contributed by atoms with Crippen molar-refractivity contribution in [3.05, 3.63) is 0 Å². The third-order valence-electron chi connectivity index (χ3n) is 14.1. The molecule has 49 nitrogen and oxygen atoms in total. The second-order valence-corrected chi connectivity index (χ2v) is 26.8. The first-order chi connectivity index (χ1) is 43.2. The maximum absolute atomic E-state index is 13.5. The monoisotopic (exact) mass is 1720 g/mol. The smallest absolute Gasteiger partial charge is 0.726 e. The largest absolute Gasteiger partial charge is 1.00 e. The molecule has 0 aliphatic carbocycles. The Bertz CT molecular complexity index is 3460. The summed E-state index contributed by atoms with van der Waals surface area (Å²) in [5.41, 5.74) is -3.55. The summed E-state index contributed by atoms with van der Waals surface area (Å²) in [4.78, 5) is 26.6. The van der Waals surface area contributed by atoms with Crippen LogP contribution in [0.4, 0.5) is 0 Å². The summed E-state index contributed by atoms with van der Waals surface area (Å²) in [6.07, 6.45) is -58.5. The first-order valence-electron chi connectivity index (χ1n) is 25.3. The van der Waals surface area contributed by atoms with Crippen molar-refractivity contribution in [1.29, 1.82) is 0 Å². The van der Waals surface area contributed by atoms with Crippen LogP contribution in [0.15, 0.2) is 0 Å². The van der Waals surface area contributed by atoms with Crippen molar-refractivity contribution in [2.45, 2.75) is 153 Å². The molecule has 25 atom stereocenters. The number of hydrogen-bond acceptors (Lipinski definition) is 49. The Kier molecular flexibility index (Phi) is 54.5. The number of carbonyl (C=O) groups is 2. The van der Waals surface area contributed by atoms with Gasteiger partial charge in [0.1, 0.15) is 104 Å². The molecule has 0 amide bonds. The van der Waals surface area contributed by atoms with Crippen LogP contribution in [0.3, 0.4) is 0 Å². The van der Waals surface area contributed by atoms with Crippen LogP contribution in [0.2, 0.25) is 0 Å². The predicted molar refractivity (Wildman–Crippen MR) is 259 cm³/mol. The molecule has 103 heavy (non-hydrogen) atoms. The zero-order valence-electron chi connectivity index (χ0n) is 57.0. The van der Waals surface area contributed by atoms with Crippen LogP contribution >= 0.6 is 0 Å². The predicted octanol–water partition coefficient (Wildman–Crippen LogP) is -40.0. The molecule has 7 heterocycles. The van der Waals surface area contributed by atoms with Crippen molar-refractivity contribution in [1.82, 2.24) is 0 Å². The summed E-state index contributed by atoms with van der Waals surface area (Å²) in [6.45, 7) is -6.13. The topological polar surface area (TPSA) is 702 Å². The molecule has 0 radical (unpaired) electrons. The van der Waals surface area contributed by atoms with Gasteiger partial charge in [-0.25, -0.2) is 58.9 Å². The Labute approximate surface area is 787 Å². The molecule has 0 N–H and O–H groups in total. The van der Waals surface area contributed by atoms with Crippen LogP contribution in [0.25, 0.3) is 0 Å². The third-order valence-corrected chi connectivity index (χ3v) is 17.2. The first-order valence-corrected chi connectivity index (χ1v) is 34.6. The van der Waals surface area contributed by atoms with Gasteiger partial charge in [0.25, 0.3) is 0 Å². The van der Waals surface area contributed by atoms with Crippen LogP contribution in [0.1, 0.15) is 0 Å². The second kappa shape index (κ2) is 48.6. The number of methoxy groups -OCH3 is 7. The number of fused-ring (bicyclic) bond motifs is 3. The molecule has 0 saturated carbocycles. The van der Waals surface area contributed by atoms with Crippen LogP contribution in [0.5, 0.6) is 0 Å². The van der Waals surface area contributed by atoms with Gasteiger partial charge in [-0.15, -0.1) is 0 Å². The summed E-state index contributed by atoms with van der Waals surface area (Å²) < 4.78 is 378. The molecule has 2 bridgehead atoms. The normalized spacial score (nSPS) is 35.5. The van der Waals surface area contributed by atoms with Crippen LogP contribution in [-0.4, -0.2) is 332 Å². The van der Waals surface area contributed by atoms with Gasteiger partial charge in [-0.3, -0.25) is 29.3 Å². The van der Waals surface area contributed by atoms with Gasteiger partial charge in [0.15, 0.2) is 49.3 Å². The summed E-state index contributed by atoms with van der Waals surface area (Å²) in [7, 11) is -36.6. The van der Waals surface area contributed by atoms with E-state index in [-0.39, 0.29) is 266 Å². The van der Waals surface area contributed by atoms with Crippen LogP contribution in [0, 0.1) is 0 Å². The van der Waals surface area contributed by atoms with E-state index in [2.05, 4.69) is 29.3 Å². The van der Waals surface area contributed by atoms with Gasteiger partial charge >= 0.3 is 266 Å². The van der Waals surface area contributed by atoms with Crippen molar-refractivity contribution in [3.63, 3.8) is 0 Å². The van der Waals surface area contributed by atoms with Gasteiger partial charge < -0.3 is 132 Å². The molecular formula is C38H53Na9O49S7. The summed E-state index contributed by atoms with van der Waals surface area (Å²) >= 11 is 0. The molecule has 550 valence electrons. The van der Waals surface area contributed by atoms with Gasteiger partial charge in [-0.05, 0) is 0 Å². The average molecular weight is 1730 g/mol. The number of carbonyl (C=O) groups excluding carboxylic acids is 2. The van der Waals surface area contributed by atoms with Gasteiger partial charge in [-0.1, -0.05) is 0 Å². The van der Waals surface area contributed by atoms with E-state index in [1.807, 2.05) is 0 Å². The van der Waals surface area contributed by atoms with E-state index in [4.69, 9.17) is 80.5 Å². The average Bonchev–Trinajstić information content (AvgIpc) is 0.719. The zero-order valence-corrected chi connectivity index (χ0v) is 80.8. The second-order valence-electron chi connectivity index (χ2n) is 19.6. The number of carboxylic acids is 2. The summed E-state index contributed by atoms with van der Waals surface area (Å²) in [5, 5.41) is 26.6. The minimum atomic E-state index is -6.51. The number of carboxylic acid groups (broad SMARTS) is 2. The van der Waals surface area contributed by atoms with Crippen molar-refractivity contribution >= 4 is 84.7 Å². The Morgan fingerprint density at radius 2 is 0.660 bits per heavy atom. The standard InChI is InChI=1S/C38H62O49S7.9Na/c1-64-15-12(8-72-88(43,44)45)76-33(25(68-5)18(15)65-2)80-20-19(66-3)26(69-6)34(81-24(20)31(39)40)78-16-14(10-74-90(49,50)51)77-35(29(87-94(61,62)63)22(16)85-92(55,56)57)82-30-23(67-4)27-36(83-38(30,11-71-27)37(41)42)79-17-13(9-73-89(46,47)48)75-32(70-7)28(86-93(58,59)60)21(17)84-91(52,53)54;;;;;;;;;/h12-30,32-36H,8-11H2,1-7H3,(H,39,40)(H,41,42)(H,43,44,45)(H,46,47,48)(H,49,50,51)(H,52,53,54)(H,55,56,57)(H,58,59,60)(H,61,62,63);;;;;;;;;/q;9*+1/p-9/t12-,13+,14-,15-,16-,17+,18-,19-,20+,21+,22-,23-,24+,25+,26+,27-,28?,29+,30+,32-,33-,34-,35-,36+,38+;;;;;;;;;/m0........./s1. The molecule has 0 spiro atoms. The number of ether oxygens (including phenoxy) is 17. The SMILES string of the molecule is CO[C@H]1O[C@H](COS(=O)(=O)[O-])[C@@H](O[C@@H]2O[C@]3(C(=O)[O-])CO[C@H]2[C@H](OC)[C@H]3O[C@@H]2O[C@@H](COS(=O)(=O)[O-])[C@H](O[C@H]3O[C@@H](C(=O)[O-])[C@H](O[C@@H]4O[C@@H](COS(=O)(=O)[O-])[C@H](OC)[C@H](OC)[C@H]4OC)[C@H](OC)[C@H]3OC)[C@H](OS(=O)(=O)[O-])[C@H]2OS(=O)(=O)[O-])[C@@H](OS(=O)(=O)[O-])C1OS(=O)(=O)[O-].[Na+].[Na+].[Na+].[Na+].[Na+].[Na+].[Na+].[Na+].[Na+]. The van der Waals surface area contributed by atoms with Gasteiger partial charge in [-0.2, -0.15) is 0 Å². The first kappa shape index (κ1) is 116. The Balaban J connectivity index is -0.00000544. The summed E-state index contributed by atoms with van der Waals surface area (Å²) in [6, 6.07) is 0. The van der Waals surface area contributed by atoms with Crippen molar-refractivity contribution < 1.29 is 486 Å². The van der Waals surface area contributed by atoms with Crippen molar-refractivity contribution in [3.8, 4) is 0 Å². The number of rotatable bonds is 34. The Morgan fingerprint density at radius 1 is 0.350 bits per heavy atom. The third kappa shape index (κ3) is 32.8. The fraction of sp³-hybridized carbons (Fsp3) is 0.947. The van der Waals surface area contributed by atoms with Crippen LogP contribution in [-0.2, 0) is 192 Å². The molecule has 1 unspecified atom stereocenters. The van der Waals surface area contributed by atoms with E-state index in [1.54, 1.807) is 0 Å². The fourth-order valence-electron chi connectivity index (χ4n) is 10.6. The summed E-state index contributed by atoms with van der Waals surface area (Å²) in [5.74, 6) is -4.90. The van der Waals surface area contributed by atoms with E-state index in [0.717, 1.165) is 35.5 Å². The Morgan fingerprint density at radius 3 is 1.00 bits per heavy atom. The molecule has 7 aliphatic rings. The maximum Gasteiger partial charge on any atom is 1.00 e. The quantitative estimate of drug-likeness (QED) is 0.0328. The van der Waals surface area contributed by atoms with E-state index in [9.17, 15) is 111 Å². The molecule has 7 rings (SSSR count). The van der Waals surface area contributed by atoms with Crippen LogP contribution < -0.4 is 276 Å². The molecular weight excluding hydrogens is 1670 g/mol. The van der Waals surface area contributed by atoms with Gasteiger partial charge in [0.2, 0.25) is 72.8 Å². The molecule has 65 heteroatoms. The molecule has 0 aromatic rings. The van der Waals surface area contributed by atoms with Gasteiger partial charge in [0, 0.05) is 49.8 Å². The fourth-order valence-corrected chi connectivity index (χ4v) is 13.4. The van der Waals surface area contributed by atoms with Gasteiger partial charge in [0.05, 0.1) is 38.4 Å². The minimum Gasteiger partial charge on any atom is -0.726 e. The molecule has 7 aliphatic heterocycles. The van der Waals surface area contributed by atoms with Crippen molar-refractivity contribution in [2.75, 3.05) is 76.2 Å². The Hall–Kier alpha value is 6.35. The van der Waals surface area contributed by atoms with E-state index in [1.165, 1.54) is 0 Å². The molecule has 0 aromatic heterocycles. The molecule has 7 saturated heterocycles. The molecule has 0 aromatic carbocycles. The number of aliphatic carboxylic acids is 2. The van der Waals surface area contributed by atoms with E-state index >= 15 is 0 Å². The van der Waals surface area contributed by atoms with E-state index in [0.29, 0.717) is 14.2 Å². The zero-order chi connectivity index (χ0) is 70.8. The van der Waals surface area contributed by atoms with E-state index < -0.39 is 264 Å². The minimum absolute atomic E-state index is 0.